The van der Waals surface area contributed by atoms with E-state index in [-0.39, 0.29) is 12.2 Å². The summed E-state index contributed by atoms with van der Waals surface area (Å²) >= 11 is 0. The quantitative estimate of drug-likeness (QED) is 0.920. The number of hydrogen-bond donors (Lipinski definition) is 1. The van der Waals surface area contributed by atoms with E-state index in [1.165, 1.54) is 0 Å². The maximum absolute atomic E-state index is 11.9. The molecule has 3 aliphatic heterocycles. The number of rotatable bonds is 3. The van der Waals surface area contributed by atoms with Gasteiger partial charge in [0.2, 0.25) is 0 Å². The normalized spacial score (nSPS) is 27.9. The van der Waals surface area contributed by atoms with Crippen molar-refractivity contribution in [3.63, 3.8) is 0 Å². The average Bonchev–Trinajstić information content (AvgIpc) is 2.49. The number of carbonyl (C=O) groups is 1. The van der Waals surface area contributed by atoms with E-state index in [1.807, 2.05) is 12.1 Å². The number of amides is 1. The van der Waals surface area contributed by atoms with Crippen LogP contribution in [0.5, 0.6) is 5.75 Å². The standard InChI is InChI=1S/C15H20N2O3/c1-19-13-4-2-12(3-5-13)16-15(18)20-14-10-17-8-6-11(14)7-9-17/h2-5,11,14H,6-10H2,1H3,(H,16,18). The summed E-state index contributed by atoms with van der Waals surface area (Å²) in [5, 5.41) is 2.76. The lowest BCUT2D eigenvalue weighted by Crippen LogP contribution is -2.52. The van der Waals surface area contributed by atoms with Gasteiger partial charge in [-0.05, 0) is 56.1 Å². The number of piperidine rings is 3. The van der Waals surface area contributed by atoms with E-state index in [0.29, 0.717) is 5.92 Å². The zero-order valence-electron chi connectivity index (χ0n) is 11.7. The summed E-state index contributed by atoms with van der Waals surface area (Å²) in [4.78, 5) is 14.3. The Labute approximate surface area is 118 Å². The van der Waals surface area contributed by atoms with Crippen LogP contribution in [0.2, 0.25) is 0 Å². The molecule has 0 aliphatic carbocycles. The fraction of sp³-hybridized carbons (Fsp3) is 0.533. The minimum Gasteiger partial charge on any atom is -0.497 e. The third-order valence-electron chi connectivity index (χ3n) is 4.19. The molecule has 1 aromatic carbocycles. The first-order valence-corrected chi connectivity index (χ1v) is 7.08. The second-order valence-corrected chi connectivity index (χ2v) is 5.44. The van der Waals surface area contributed by atoms with Crippen LogP contribution in [0, 0.1) is 5.92 Å². The summed E-state index contributed by atoms with van der Waals surface area (Å²) in [5.74, 6) is 1.29. The molecular weight excluding hydrogens is 256 g/mol. The lowest BCUT2D eigenvalue weighted by Gasteiger charge is -2.43. The first-order valence-electron chi connectivity index (χ1n) is 7.08. The number of nitrogens with zero attached hydrogens (tertiary/aromatic N) is 1. The number of hydrogen-bond acceptors (Lipinski definition) is 4. The molecule has 0 aromatic heterocycles. The zero-order chi connectivity index (χ0) is 13.9. The molecule has 1 N–H and O–H groups in total. The summed E-state index contributed by atoms with van der Waals surface area (Å²) in [6, 6.07) is 7.22. The summed E-state index contributed by atoms with van der Waals surface area (Å²) in [5.41, 5.74) is 0.720. The number of anilines is 1. The number of benzene rings is 1. The molecule has 1 unspecified atom stereocenters. The van der Waals surface area contributed by atoms with Crippen LogP contribution in [0.4, 0.5) is 10.5 Å². The van der Waals surface area contributed by atoms with Crippen molar-refractivity contribution >= 4 is 11.8 Å². The van der Waals surface area contributed by atoms with Gasteiger partial charge in [-0.15, -0.1) is 0 Å². The van der Waals surface area contributed by atoms with E-state index < -0.39 is 0 Å². The Morgan fingerprint density at radius 3 is 2.50 bits per heavy atom. The monoisotopic (exact) mass is 276 g/mol. The number of carbonyl (C=O) groups excluding carboxylic acids is 1. The number of fused-ring (bicyclic) bond motifs is 3. The highest BCUT2D eigenvalue weighted by atomic mass is 16.6. The first-order chi connectivity index (χ1) is 9.74. The molecule has 1 atom stereocenters. The maximum atomic E-state index is 11.9. The number of methoxy groups -OCH3 is 1. The largest absolute Gasteiger partial charge is 0.497 e. The van der Waals surface area contributed by atoms with Crippen molar-refractivity contribution in [2.75, 3.05) is 32.1 Å². The fourth-order valence-electron chi connectivity index (χ4n) is 3.00. The Kier molecular flexibility index (Phi) is 3.78. The molecule has 5 nitrogen and oxygen atoms in total. The second-order valence-electron chi connectivity index (χ2n) is 5.44. The molecule has 0 radical (unpaired) electrons. The molecule has 5 heteroatoms. The van der Waals surface area contributed by atoms with Crippen molar-refractivity contribution in [1.82, 2.24) is 4.90 Å². The summed E-state index contributed by atoms with van der Waals surface area (Å²) in [7, 11) is 1.62. The van der Waals surface area contributed by atoms with Gasteiger partial charge in [0.15, 0.2) is 0 Å². The Bertz CT molecular complexity index is 467. The van der Waals surface area contributed by atoms with Gasteiger partial charge in [0.05, 0.1) is 7.11 Å². The Balaban J connectivity index is 1.54. The van der Waals surface area contributed by atoms with Crippen LogP contribution in [0.1, 0.15) is 12.8 Å². The Hall–Kier alpha value is -1.75. The molecule has 1 aromatic rings. The van der Waals surface area contributed by atoms with Crippen molar-refractivity contribution in [3.05, 3.63) is 24.3 Å². The molecule has 3 aliphatic rings. The Morgan fingerprint density at radius 2 is 1.95 bits per heavy atom. The summed E-state index contributed by atoms with van der Waals surface area (Å²) < 4.78 is 10.6. The predicted octanol–water partition coefficient (Wildman–Crippen LogP) is 2.34. The summed E-state index contributed by atoms with van der Waals surface area (Å²) in [6.07, 6.45) is 1.95. The van der Waals surface area contributed by atoms with Gasteiger partial charge in [0.1, 0.15) is 11.9 Å². The van der Waals surface area contributed by atoms with Crippen molar-refractivity contribution in [2.45, 2.75) is 18.9 Å². The highest BCUT2D eigenvalue weighted by Crippen LogP contribution is 2.29. The van der Waals surface area contributed by atoms with Crippen LogP contribution < -0.4 is 10.1 Å². The molecule has 3 fully saturated rings. The molecule has 0 saturated carbocycles. The van der Waals surface area contributed by atoms with Crippen LogP contribution in [0.15, 0.2) is 24.3 Å². The minimum atomic E-state index is -0.367. The molecule has 3 heterocycles. The highest BCUT2D eigenvalue weighted by Gasteiger charge is 2.36. The molecule has 4 rings (SSSR count). The highest BCUT2D eigenvalue weighted by molar-refractivity contribution is 5.84. The van der Waals surface area contributed by atoms with Gasteiger partial charge in [0.25, 0.3) is 0 Å². The van der Waals surface area contributed by atoms with Crippen molar-refractivity contribution in [1.29, 1.82) is 0 Å². The molecule has 0 spiro atoms. The van der Waals surface area contributed by atoms with Gasteiger partial charge in [-0.25, -0.2) is 4.79 Å². The predicted molar refractivity (Wildman–Crippen MR) is 76.0 cm³/mol. The molecule has 1 amide bonds. The van der Waals surface area contributed by atoms with Gasteiger partial charge in [-0.2, -0.15) is 0 Å². The lowest BCUT2D eigenvalue weighted by molar-refractivity contribution is -0.0289. The zero-order valence-corrected chi connectivity index (χ0v) is 11.7. The number of ether oxygens (including phenoxy) is 2. The van der Waals surface area contributed by atoms with Crippen molar-refractivity contribution < 1.29 is 14.3 Å². The van der Waals surface area contributed by atoms with E-state index in [2.05, 4.69) is 10.2 Å². The van der Waals surface area contributed by atoms with Gasteiger partial charge < -0.3 is 9.47 Å². The van der Waals surface area contributed by atoms with Gasteiger partial charge >= 0.3 is 6.09 Å². The van der Waals surface area contributed by atoms with Crippen molar-refractivity contribution in [2.24, 2.45) is 5.92 Å². The van der Waals surface area contributed by atoms with Crippen LogP contribution in [0.25, 0.3) is 0 Å². The van der Waals surface area contributed by atoms with E-state index >= 15 is 0 Å². The van der Waals surface area contributed by atoms with E-state index in [0.717, 1.165) is 43.9 Å². The second kappa shape index (κ2) is 5.71. The number of nitrogens with one attached hydrogen (secondary N) is 1. The minimum absolute atomic E-state index is 0.0377. The maximum Gasteiger partial charge on any atom is 0.411 e. The van der Waals surface area contributed by atoms with Crippen LogP contribution in [-0.2, 0) is 4.74 Å². The average molecular weight is 276 g/mol. The smallest absolute Gasteiger partial charge is 0.411 e. The fourth-order valence-corrected chi connectivity index (χ4v) is 3.00. The molecule has 20 heavy (non-hydrogen) atoms. The van der Waals surface area contributed by atoms with Gasteiger partial charge in [0, 0.05) is 12.2 Å². The third-order valence-corrected chi connectivity index (χ3v) is 4.19. The topological polar surface area (TPSA) is 50.8 Å². The SMILES string of the molecule is COc1ccc(NC(=O)OC2CN3CCC2CC3)cc1. The van der Waals surface area contributed by atoms with E-state index in [1.54, 1.807) is 19.2 Å². The molecule has 108 valence electrons. The molecular formula is C15H20N2O3. The third kappa shape index (κ3) is 2.88. The van der Waals surface area contributed by atoms with Crippen molar-refractivity contribution in [3.8, 4) is 5.75 Å². The van der Waals surface area contributed by atoms with E-state index in [9.17, 15) is 4.79 Å². The molecule has 3 saturated heterocycles. The summed E-state index contributed by atoms with van der Waals surface area (Å²) in [6.45, 7) is 3.16. The van der Waals surface area contributed by atoms with E-state index in [4.69, 9.17) is 9.47 Å². The van der Waals surface area contributed by atoms with Crippen LogP contribution >= 0.6 is 0 Å². The lowest BCUT2D eigenvalue weighted by atomic mass is 9.86. The Morgan fingerprint density at radius 1 is 1.25 bits per heavy atom. The van der Waals surface area contributed by atoms with Gasteiger partial charge in [-0.1, -0.05) is 0 Å². The first kappa shape index (κ1) is 13.2. The van der Waals surface area contributed by atoms with Crippen LogP contribution in [-0.4, -0.2) is 43.8 Å². The molecule has 2 bridgehead atoms. The van der Waals surface area contributed by atoms with Crippen LogP contribution in [0.3, 0.4) is 0 Å². The van der Waals surface area contributed by atoms with Gasteiger partial charge in [-0.3, -0.25) is 10.2 Å².